The third-order valence-corrected chi connectivity index (χ3v) is 2.20. The van der Waals surface area contributed by atoms with Crippen LogP contribution >= 0.6 is 0 Å². The Labute approximate surface area is 94.3 Å². The summed E-state index contributed by atoms with van der Waals surface area (Å²) in [5, 5.41) is 0. The van der Waals surface area contributed by atoms with Crippen LogP contribution in [0, 0.1) is 6.92 Å². The van der Waals surface area contributed by atoms with Gasteiger partial charge in [0.2, 0.25) is 0 Å². The predicted octanol–water partition coefficient (Wildman–Crippen LogP) is 0.103. The zero-order valence-electron chi connectivity index (χ0n) is 9.78. The lowest BCUT2D eigenvalue weighted by Crippen LogP contribution is -2.38. The van der Waals surface area contributed by atoms with E-state index >= 15 is 0 Å². The maximum absolute atomic E-state index is 11.9. The Hall–Kier alpha value is -1.62. The van der Waals surface area contributed by atoms with Gasteiger partial charge in [0, 0.05) is 37.6 Å². The molecular formula is C11H17N3O2. The van der Waals surface area contributed by atoms with E-state index in [2.05, 4.69) is 4.98 Å². The van der Waals surface area contributed by atoms with Crippen LogP contribution in [0.2, 0.25) is 0 Å². The van der Waals surface area contributed by atoms with E-state index in [1.54, 1.807) is 14.0 Å². The van der Waals surface area contributed by atoms with E-state index < -0.39 is 0 Å². The van der Waals surface area contributed by atoms with Crippen LogP contribution in [0.15, 0.2) is 17.1 Å². The molecule has 1 rings (SSSR count). The molecule has 1 heterocycles. The summed E-state index contributed by atoms with van der Waals surface area (Å²) in [5.74, 6) is -0.307. The molecule has 1 aromatic heterocycles. The van der Waals surface area contributed by atoms with E-state index in [0.29, 0.717) is 6.54 Å². The molecule has 5 nitrogen and oxygen atoms in total. The summed E-state index contributed by atoms with van der Waals surface area (Å²) in [5.41, 5.74) is 6.21. The minimum atomic E-state index is -0.307. The van der Waals surface area contributed by atoms with Crippen LogP contribution in [0.4, 0.5) is 0 Å². The van der Waals surface area contributed by atoms with Crippen molar-refractivity contribution in [3.8, 4) is 0 Å². The van der Waals surface area contributed by atoms with E-state index in [9.17, 15) is 9.59 Å². The molecule has 1 amide bonds. The number of aromatic nitrogens is 1. The highest BCUT2D eigenvalue weighted by Gasteiger charge is 2.15. The number of aromatic amines is 1. The fourth-order valence-corrected chi connectivity index (χ4v) is 1.46. The van der Waals surface area contributed by atoms with E-state index in [4.69, 9.17) is 5.73 Å². The first kappa shape index (κ1) is 12.4. The molecule has 0 saturated carbocycles. The largest absolute Gasteiger partial charge is 0.364 e. The molecule has 1 atom stereocenters. The van der Waals surface area contributed by atoms with Gasteiger partial charge in [-0.3, -0.25) is 9.59 Å². The SMILES string of the molecule is Cc1cc(=O)c(C(=O)N(C)CC(C)N)c[nH]1. The van der Waals surface area contributed by atoms with E-state index in [1.165, 1.54) is 17.2 Å². The standard InChI is InChI=1S/C11H17N3O2/c1-7(12)6-14(3)11(16)9-5-13-8(2)4-10(9)15/h4-5,7H,6,12H2,1-3H3,(H,13,15). The second-order valence-corrected chi connectivity index (χ2v) is 4.06. The monoisotopic (exact) mass is 223 g/mol. The molecule has 0 spiro atoms. The van der Waals surface area contributed by atoms with Crippen molar-refractivity contribution in [2.24, 2.45) is 5.73 Å². The van der Waals surface area contributed by atoms with Crippen LogP contribution in [-0.4, -0.2) is 35.4 Å². The van der Waals surface area contributed by atoms with Crippen molar-refractivity contribution in [1.82, 2.24) is 9.88 Å². The van der Waals surface area contributed by atoms with Gasteiger partial charge in [-0.1, -0.05) is 0 Å². The molecule has 0 saturated heterocycles. The number of hydrogen-bond donors (Lipinski definition) is 2. The number of H-pyrrole nitrogens is 1. The molecule has 1 aromatic rings. The highest BCUT2D eigenvalue weighted by molar-refractivity contribution is 5.93. The van der Waals surface area contributed by atoms with Crippen molar-refractivity contribution >= 4 is 5.91 Å². The first-order chi connectivity index (χ1) is 7.41. The van der Waals surface area contributed by atoms with Crippen LogP contribution in [0.25, 0.3) is 0 Å². The van der Waals surface area contributed by atoms with Gasteiger partial charge in [-0.25, -0.2) is 0 Å². The van der Waals surface area contributed by atoms with Gasteiger partial charge in [0.1, 0.15) is 5.56 Å². The quantitative estimate of drug-likeness (QED) is 0.763. The van der Waals surface area contributed by atoms with Gasteiger partial charge in [0.05, 0.1) is 0 Å². The molecule has 1 unspecified atom stereocenters. The molecule has 88 valence electrons. The molecular weight excluding hydrogens is 206 g/mol. The van der Waals surface area contributed by atoms with Crippen LogP contribution in [-0.2, 0) is 0 Å². The molecule has 0 aliphatic rings. The molecule has 3 N–H and O–H groups in total. The first-order valence-corrected chi connectivity index (χ1v) is 5.12. The van der Waals surface area contributed by atoms with Crippen LogP contribution in [0.5, 0.6) is 0 Å². The number of carbonyl (C=O) groups excluding carboxylic acids is 1. The topological polar surface area (TPSA) is 79.2 Å². The van der Waals surface area contributed by atoms with Crippen LogP contribution in [0.1, 0.15) is 23.0 Å². The zero-order valence-corrected chi connectivity index (χ0v) is 9.78. The fourth-order valence-electron chi connectivity index (χ4n) is 1.46. The van der Waals surface area contributed by atoms with Crippen molar-refractivity contribution in [3.05, 3.63) is 33.7 Å². The number of likely N-dealkylation sites (N-methyl/N-ethyl adjacent to an activating group) is 1. The molecule has 0 fully saturated rings. The van der Waals surface area contributed by atoms with E-state index in [-0.39, 0.29) is 22.9 Å². The molecule has 0 bridgehead atoms. The van der Waals surface area contributed by atoms with Crippen molar-refractivity contribution in [2.75, 3.05) is 13.6 Å². The Morgan fingerprint density at radius 2 is 2.25 bits per heavy atom. The number of nitrogens with one attached hydrogen (secondary N) is 1. The van der Waals surface area contributed by atoms with Crippen LogP contribution < -0.4 is 11.2 Å². The minimum Gasteiger partial charge on any atom is -0.364 e. The van der Waals surface area contributed by atoms with Crippen molar-refractivity contribution < 1.29 is 4.79 Å². The van der Waals surface area contributed by atoms with E-state index in [0.717, 1.165) is 5.69 Å². The third-order valence-electron chi connectivity index (χ3n) is 2.20. The van der Waals surface area contributed by atoms with E-state index in [1.807, 2.05) is 6.92 Å². The lowest BCUT2D eigenvalue weighted by molar-refractivity contribution is 0.0787. The van der Waals surface area contributed by atoms with Crippen molar-refractivity contribution in [1.29, 1.82) is 0 Å². The summed E-state index contributed by atoms with van der Waals surface area (Å²) >= 11 is 0. The summed E-state index contributed by atoms with van der Waals surface area (Å²) < 4.78 is 0. The molecule has 16 heavy (non-hydrogen) atoms. The summed E-state index contributed by atoms with van der Waals surface area (Å²) in [4.78, 5) is 27.7. The lowest BCUT2D eigenvalue weighted by atomic mass is 10.2. The number of rotatable bonds is 3. The number of nitrogens with two attached hydrogens (primary N) is 1. The van der Waals surface area contributed by atoms with Gasteiger partial charge >= 0.3 is 0 Å². The smallest absolute Gasteiger partial charge is 0.259 e. The maximum Gasteiger partial charge on any atom is 0.259 e. The number of pyridine rings is 1. The first-order valence-electron chi connectivity index (χ1n) is 5.12. The van der Waals surface area contributed by atoms with Crippen molar-refractivity contribution in [2.45, 2.75) is 19.9 Å². The lowest BCUT2D eigenvalue weighted by Gasteiger charge is -2.18. The predicted molar refractivity (Wildman–Crippen MR) is 62.4 cm³/mol. The number of amides is 1. The number of aryl methyl sites for hydroxylation is 1. The Balaban J connectivity index is 2.92. The Bertz CT molecular complexity index is 437. The number of carbonyl (C=O) groups is 1. The van der Waals surface area contributed by atoms with Gasteiger partial charge in [0.25, 0.3) is 5.91 Å². The molecule has 0 aliphatic heterocycles. The summed E-state index contributed by atoms with van der Waals surface area (Å²) in [6, 6.07) is 1.30. The average Bonchev–Trinajstić information content (AvgIpc) is 2.15. The number of hydrogen-bond acceptors (Lipinski definition) is 3. The van der Waals surface area contributed by atoms with Gasteiger partial charge in [0.15, 0.2) is 5.43 Å². The highest BCUT2D eigenvalue weighted by Crippen LogP contribution is 1.98. The second-order valence-electron chi connectivity index (χ2n) is 4.06. The summed E-state index contributed by atoms with van der Waals surface area (Å²) in [6.07, 6.45) is 1.44. The summed E-state index contributed by atoms with van der Waals surface area (Å²) in [7, 11) is 1.63. The second kappa shape index (κ2) is 4.94. The Morgan fingerprint density at radius 1 is 1.62 bits per heavy atom. The molecule has 0 radical (unpaired) electrons. The maximum atomic E-state index is 11.9. The third kappa shape index (κ3) is 2.93. The normalized spacial score (nSPS) is 12.2. The van der Waals surface area contributed by atoms with Gasteiger partial charge in [-0.15, -0.1) is 0 Å². The molecule has 0 aliphatic carbocycles. The van der Waals surface area contributed by atoms with Crippen LogP contribution in [0.3, 0.4) is 0 Å². The Morgan fingerprint density at radius 3 is 2.75 bits per heavy atom. The zero-order chi connectivity index (χ0) is 12.3. The number of nitrogens with zero attached hydrogens (tertiary/aromatic N) is 1. The minimum absolute atomic E-state index is 0.113. The molecule has 5 heteroatoms. The highest BCUT2D eigenvalue weighted by atomic mass is 16.2. The average molecular weight is 223 g/mol. The van der Waals surface area contributed by atoms with Gasteiger partial charge in [-0.05, 0) is 13.8 Å². The summed E-state index contributed by atoms with van der Waals surface area (Å²) in [6.45, 7) is 4.00. The molecule has 0 aromatic carbocycles. The van der Waals surface area contributed by atoms with Gasteiger partial charge in [-0.2, -0.15) is 0 Å². The van der Waals surface area contributed by atoms with Crippen molar-refractivity contribution in [3.63, 3.8) is 0 Å². The fraction of sp³-hybridized carbons (Fsp3) is 0.455. The Kier molecular flexibility index (Phi) is 3.84. The van der Waals surface area contributed by atoms with Gasteiger partial charge < -0.3 is 15.6 Å².